The fourth-order valence-electron chi connectivity index (χ4n) is 3.28. The summed E-state index contributed by atoms with van der Waals surface area (Å²) in [5.41, 5.74) is 8.08. The summed E-state index contributed by atoms with van der Waals surface area (Å²) >= 11 is 0. The molecule has 1 aliphatic heterocycles. The quantitative estimate of drug-likeness (QED) is 0.848. The number of carbonyl (C=O) groups is 2. The van der Waals surface area contributed by atoms with E-state index in [1.54, 1.807) is 4.90 Å². The molecular weight excluding hydrogens is 346 g/mol. The van der Waals surface area contributed by atoms with Crippen LogP contribution in [-0.2, 0) is 16.8 Å². The van der Waals surface area contributed by atoms with E-state index in [1.807, 2.05) is 38.1 Å². The Kier molecular flexibility index (Phi) is 4.73. The van der Waals surface area contributed by atoms with Gasteiger partial charge in [0, 0.05) is 25.6 Å². The van der Waals surface area contributed by atoms with Gasteiger partial charge in [-0.05, 0) is 31.5 Å². The summed E-state index contributed by atoms with van der Waals surface area (Å²) in [6.07, 6.45) is 0.559. The van der Waals surface area contributed by atoms with Crippen LogP contribution in [0.15, 0.2) is 24.3 Å². The third-order valence-electron chi connectivity index (χ3n) is 4.59. The van der Waals surface area contributed by atoms with Crippen LogP contribution >= 0.6 is 0 Å². The van der Waals surface area contributed by atoms with Crippen molar-refractivity contribution in [2.45, 2.75) is 32.7 Å². The first-order valence-electron chi connectivity index (χ1n) is 8.64. The number of nitrogens with zero attached hydrogens (tertiary/aromatic N) is 3. The highest BCUT2D eigenvalue weighted by molar-refractivity contribution is 6.10. The largest absolute Gasteiger partial charge is 0.467 e. The standard InChI is InChI=1S/C19H23N5O3/c1-11(25)23-19(2,3)12-5-7-13(8-6-12)24-10-9-14-15(17(24)26)16(20)22-18(21-14)27-4/h5-8H,9-10H2,1-4H3,(H,23,25)(H2,20,21,22). The first-order valence-corrected chi connectivity index (χ1v) is 8.64. The SMILES string of the molecule is COc1nc(N)c2c(n1)CCN(c1ccc(C(C)(C)NC(C)=O)cc1)C2=O. The van der Waals surface area contributed by atoms with E-state index < -0.39 is 5.54 Å². The van der Waals surface area contributed by atoms with Crippen molar-refractivity contribution in [1.29, 1.82) is 0 Å². The number of fused-ring (bicyclic) bond motifs is 1. The molecule has 8 heteroatoms. The van der Waals surface area contributed by atoms with Crippen molar-refractivity contribution in [3.63, 3.8) is 0 Å². The lowest BCUT2D eigenvalue weighted by Crippen LogP contribution is -2.40. The molecule has 142 valence electrons. The summed E-state index contributed by atoms with van der Waals surface area (Å²) in [6.45, 7) is 5.83. The molecule has 3 rings (SSSR count). The second-order valence-electron chi connectivity index (χ2n) is 6.98. The van der Waals surface area contributed by atoms with Crippen molar-refractivity contribution in [1.82, 2.24) is 15.3 Å². The van der Waals surface area contributed by atoms with Crippen molar-refractivity contribution in [3.05, 3.63) is 41.1 Å². The Morgan fingerprint density at radius 3 is 2.52 bits per heavy atom. The number of aromatic nitrogens is 2. The van der Waals surface area contributed by atoms with Gasteiger partial charge in [0.2, 0.25) is 5.91 Å². The molecule has 0 spiro atoms. The van der Waals surface area contributed by atoms with Gasteiger partial charge < -0.3 is 20.7 Å². The average Bonchev–Trinajstić information content (AvgIpc) is 2.60. The summed E-state index contributed by atoms with van der Waals surface area (Å²) in [4.78, 5) is 34.2. The number of nitrogens with one attached hydrogen (secondary N) is 1. The first-order chi connectivity index (χ1) is 12.7. The Morgan fingerprint density at radius 2 is 1.93 bits per heavy atom. The van der Waals surface area contributed by atoms with Crippen LogP contribution in [0.1, 0.15) is 42.4 Å². The molecule has 2 heterocycles. The minimum atomic E-state index is -0.502. The Hall–Kier alpha value is -3.16. The summed E-state index contributed by atoms with van der Waals surface area (Å²) < 4.78 is 5.02. The predicted molar refractivity (Wildman–Crippen MR) is 102 cm³/mol. The fourth-order valence-corrected chi connectivity index (χ4v) is 3.28. The van der Waals surface area contributed by atoms with Gasteiger partial charge in [-0.2, -0.15) is 9.97 Å². The van der Waals surface area contributed by atoms with Gasteiger partial charge in [-0.25, -0.2) is 0 Å². The van der Waals surface area contributed by atoms with E-state index in [0.717, 1.165) is 11.3 Å². The van der Waals surface area contributed by atoms with Gasteiger partial charge in [-0.3, -0.25) is 9.59 Å². The minimum absolute atomic E-state index is 0.0993. The second-order valence-corrected chi connectivity index (χ2v) is 6.98. The van der Waals surface area contributed by atoms with Gasteiger partial charge in [0.25, 0.3) is 5.91 Å². The Balaban J connectivity index is 1.88. The number of nitrogen functional groups attached to an aromatic ring is 1. The van der Waals surface area contributed by atoms with Crippen molar-refractivity contribution < 1.29 is 14.3 Å². The number of rotatable bonds is 4. The van der Waals surface area contributed by atoms with Crippen LogP contribution in [0.2, 0.25) is 0 Å². The van der Waals surface area contributed by atoms with E-state index in [4.69, 9.17) is 10.5 Å². The molecule has 1 aliphatic rings. The molecule has 1 aromatic carbocycles. The lowest BCUT2D eigenvalue weighted by Gasteiger charge is -2.30. The number of hydrogen-bond donors (Lipinski definition) is 2. The number of nitrogens with two attached hydrogens (primary N) is 1. The van der Waals surface area contributed by atoms with E-state index in [1.165, 1.54) is 14.0 Å². The molecule has 0 fully saturated rings. The van der Waals surface area contributed by atoms with Crippen molar-refractivity contribution in [2.24, 2.45) is 0 Å². The number of carbonyl (C=O) groups excluding carboxylic acids is 2. The molecule has 8 nitrogen and oxygen atoms in total. The first kappa shape index (κ1) is 18.6. The summed E-state index contributed by atoms with van der Waals surface area (Å²) in [5, 5.41) is 2.91. The van der Waals surface area contributed by atoms with E-state index >= 15 is 0 Å². The Bertz CT molecular complexity index is 893. The summed E-state index contributed by atoms with van der Waals surface area (Å²) in [7, 11) is 1.46. The van der Waals surface area contributed by atoms with Gasteiger partial charge >= 0.3 is 6.01 Å². The average molecular weight is 369 g/mol. The van der Waals surface area contributed by atoms with Crippen LogP contribution in [0.5, 0.6) is 6.01 Å². The maximum atomic E-state index is 12.9. The molecule has 27 heavy (non-hydrogen) atoms. The van der Waals surface area contributed by atoms with Gasteiger partial charge in [-0.15, -0.1) is 0 Å². The van der Waals surface area contributed by atoms with Gasteiger partial charge in [-0.1, -0.05) is 12.1 Å². The third kappa shape index (κ3) is 3.55. The smallest absolute Gasteiger partial charge is 0.318 e. The lowest BCUT2D eigenvalue weighted by atomic mass is 9.93. The van der Waals surface area contributed by atoms with Crippen LogP contribution in [0.4, 0.5) is 11.5 Å². The topological polar surface area (TPSA) is 110 Å². The normalized spacial score (nSPS) is 13.9. The van der Waals surface area contributed by atoms with E-state index in [2.05, 4.69) is 15.3 Å². The molecule has 1 aromatic heterocycles. The fraction of sp³-hybridized carbons (Fsp3) is 0.368. The Morgan fingerprint density at radius 1 is 1.26 bits per heavy atom. The zero-order chi connectivity index (χ0) is 19.8. The maximum absolute atomic E-state index is 12.9. The molecule has 0 saturated carbocycles. The number of ether oxygens (including phenoxy) is 1. The lowest BCUT2D eigenvalue weighted by molar-refractivity contribution is -0.120. The van der Waals surface area contributed by atoms with Crippen LogP contribution in [0, 0.1) is 0 Å². The summed E-state index contributed by atoms with van der Waals surface area (Å²) in [5.74, 6) is -0.210. The molecule has 0 radical (unpaired) electrons. The van der Waals surface area contributed by atoms with Crippen molar-refractivity contribution in [3.8, 4) is 6.01 Å². The molecule has 0 unspecified atom stereocenters. The Labute approximate surface area is 157 Å². The van der Waals surface area contributed by atoms with Crippen LogP contribution in [-0.4, -0.2) is 35.4 Å². The highest BCUT2D eigenvalue weighted by atomic mass is 16.5. The molecule has 0 bridgehead atoms. The summed E-state index contributed by atoms with van der Waals surface area (Å²) in [6, 6.07) is 7.70. The van der Waals surface area contributed by atoms with E-state index in [0.29, 0.717) is 24.2 Å². The van der Waals surface area contributed by atoms with E-state index in [-0.39, 0.29) is 23.6 Å². The second kappa shape index (κ2) is 6.86. The van der Waals surface area contributed by atoms with Gasteiger partial charge in [0.15, 0.2) is 0 Å². The highest BCUT2D eigenvalue weighted by Gasteiger charge is 2.30. The van der Waals surface area contributed by atoms with Crippen molar-refractivity contribution >= 4 is 23.3 Å². The number of methoxy groups -OCH3 is 1. The highest BCUT2D eigenvalue weighted by Crippen LogP contribution is 2.29. The molecule has 2 amide bonds. The monoisotopic (exact) mass is 369 g/mol. The maximum Gasteiger partial charge on any atom is 0.318 e. The number of amides is 2. The van der Waals surface area contributed by atoms with Gasteiger partial charge in [0.1, 0.15) is 11.4 Å². The number of benzene rings is 1. The van der Waals surface area contributed by atoms with Crippen LogP contribution in [0.3, 0.4) is 0 Å². The molecule has 2 aromatic rings. The number of hydrogen-bond acceptors (Lipinski definition) is 6. The predicted octanol–water partition coefficient (Wildman–Crippen LogP) is 1.64. The molecular formula is C19H23N5O3. The molecule has 0 aliphatic carbocycles. The third-order valence-corrected chi connectivity index (χ3v) is 4.59. The molecule has 0 saturated heterocycles. The minimum Gasteiger partial charge on any atom is -0.467 e. The molecule has 0 atom stereocenters. The molecule has 3 N–H and O–H groups in total. The van der Waals surface area contributed by atoms with E-state index in [9.17, 15) is 9.59 Å². The number of anilines is 2. The van der Waals surface area contributed by atoms with Crippen molar-refractivity contribution in [2.75, 3.05) is 24.3 Å². The zero-order valence-electron chi connectivity index (χ0n) is 15.9. The zero-order valence-corrected chi connectivity index (χ0v) is 15.9. The van der Waals surface area contributed by atoms with Crippen LogP contribution in [0.25, 0.3) is 0 Å². The van der Waals surface area contributed by atoms with Crippen LogP contribution < -0.4 is 20.7 Å². The van der Waals surface area contributed by atoms with Gasteiger partial charge in [0.05, 0.1) is 18.3 Å².